The van der Waals surface area contributed by atoms with Crippen molar-refractivity contribution in [2.45, 2.75) is 46.5 Å². The van der Waals surface area contributed by atoms with E-state index in [4.69, 9.17) is 9.26 Å². The molecule has 1 aromatic heterocycles. The van der Waals surface area contributed by atoms with Gasteiger partial charge in [0, 0.05) is 25.4 Å². The lowest BCUT2D eigenvalue weighted by Crippen LogP contribution is -2.39. The number of nitrogens with zero attached hydrogens (tertiary/aromatic N) is 3. The molecule has 0 bridgehead atoms. The summed E-state index contributed by atoms with van der Waals surface area (Å²) in [5.41, 5.74) is 1.22. The number of aliphatic imine (C=N–C) groups is 1. The number of nitrogens with one attached hydrogen (secondary N) is 2. The number of ether oxygens (including phenoxy) is 1. The molecule has 148 valence electrons. The van der Waals surface area contributed by atoms with E-state index in [1.165, 1.54) is 5.56 Å². The van der Waals surface area contributed by atoms with Gasteiger partial charge in [-0.3, -0.25) is 4.99 Å². The Bertz CT molecular complexity index is 695. The van der Waals surface area contributed by atoms with Crippen LogP contribution in [0.1, 0.15) is 50.4 Å². The van der Waals surface area contributed by atoms with Crippen molar-refractivity contribution in [3.63, 3.8) is 0 Å². The number of aryl methyl sites for hydroxylation is 2. The minimum absolute atomic E-state index is 0.284. The van der Waals surface area contributed by atoms with Crippen molar-refractivity contribution >= 4 is 5.96 Å². The number of aromatic nitrogens is 2. The van der Waals surface area contributed by atoms with E-state index in [2.05, 4.69) is 46.5 Å². The molecule has 1 heterocycles. The summed E-state index contributed by atoms with van der Waals surface area (Å²) in [5.74, 6) is 3.39. The van der Waals surface area contributed by atoms with Crippen molar-refractivity contribution in [1.82, 2.24) is 20.8 Å². The SMILES string of the molecule is CCNC(=NCCCc1nc(C(C)C)no1)NCCOc1ccc(C)cc1. The van der Waals surface area contributed by atoms with E-state index in [0.717, 1.165) is 36.9 Å². The first-order valence-corrected chi connectivity index (χ1v) is 9.62. The highest BCUT2D eigenvalue weighted by Gasteiger charge is 2.09. The summed E-state index contributed by atoms with van der Waals surface area (Å²) in [7, 11) is 0. The van der Waals surface area contributed by atoms with E-state index in [9.17, 15) is 0 Å². The fourth-order valence-electron chi connectivity index (χ4n) is 2.34. The van der Waals surface area contributed by atoms with Crippen LogP contribution < -0.4 is 15.4 Å². The van der Waals surface area contributed by atoms with Gasteiger partial charge in [0.05, 0.1) is 6.54 Å². The first-order valence-electron chi connectivity index (χ1n) is 9.62. The second-order valence-electron chi connectivity index (χ2n) is 6.65. The van der Waals surface area contributed by atoms with Crippen LogP contribution in [-0.4, -0.2) is 42.3 Å². The molecule has 0 aliphatic rings. The molecule has 0 amide bonds. The van der Waals surface area contributed by atoms with Gasteiger partial charge in [-0.25, -0.2) is 0 Å². The van der Waals surface area contributed by atoms with Gasteiger partial charge in [0.25, 0.3) is 0 Å². The zero-order chi connectivity index (χ0) is 19.5. The minimum atomic E-state index is 0.284. The fraction of sp³-hybridized carbons (Fsp3) is 0.550. The number of guanidine groups is 1. The normalized spacial score (nSPS) is 11.7. The fourth-order valence-corrected chi connectivity index (χ4v) is 2.34. The van der Waals surface area contributed by atoms with Gasteiger partial charge in [-0.1, -0.05) is 36.7 Å². The molecule has 0 aliphatic heterocycles. The average molecular weight is 374 g/mol. The molecule has 0 fully saturated rings. The number of hydrogen-bond acceptors (Lipinski definition) is 5. The standard InChI is InChI=1S/C20H31N5O2/c1-5-21-20(23-13-14-26-17-10-8-16(4)9-11-17)22-12-6-7-18-24-19(15(2)3)25-27-18/h8-11,15H,5-7,12-14H2,1-4H3,(H2,21,22,23). The van der Waals surface area contributed by atoms with Crippen LogP contribution in [0.15, 0.2) is 33.8 Å². The van der Waals surface area contributed by atoms with Crippen LogP contribution in [0.3, 0.4) is 0 Å². The molecule has 7 nitrogen and oxygen atoms in total. The maximum absolute atomic E-state index is 5.72. The lowest BCUT2D eigenvalue weighted by Gasteiger charge is -2.12. The zero-order valence-electron chi connectivity index (χ0n) is 16.8. The Kier molecular flexibility index (Phi) is 8.61. The molecular formula is C20H31N5O2. The molecule has 0 radical (unpaired) electrons. The summed E-state index contributed by atoms with van der Waals surface area (Å²) in [5, 5.41) is 10.5. The van der Waals surface area contributed by atoms with Gasteiger partial charge in [0.15, 0.2) is 11.8 Å². The van der Waals surface area contributed by atoms with Crippen molar-refractivity contribution in [3.05, 3.63) is 41.5 Å². The summed E-state index contributed by atoms with van der Waals surface area (Å²) < 4.78 is 11.0. The molecule has 7 heteroatoms. The van der Waals surface area contributed by atoms with Gasteiger partial charge in [0.2, 0.25) is 5.89 Å². The van der Waals surface area contributed by atoms with Crippen molar-refractivity contribution in [3.8, 4) is 5.75 Å². The third kappa shape index (κ3) is 7.68. The van der Waals surface area contributed by atoms with E-state index in [0.29, 0.717) is 25.6 Å². The second kappa shape index (κ2) is 11.2. The topological polar surface area (TPSA) is 84.6 Å². The first kappa shape index (κ1) is 20.7. The third-order valence-electron chi connectivity index (χ3n) is 3.85. The molecule has 2 rings (SSSR count). The lowest BCUT2D eigenvalue weighted by atomic mass is 10.2. The summed E-state index contributed by atoms with van der Waals surface area (Å²) in [6, 6.07) is 8.05. The molecular weight excluding hydrogens is 342 g/mol. The third-order valence-corrected chi connectivity index (χ3v) is 3.85. The van der Waals surface area contributed by atoms with E-state index in [1.807, 2.05) is 31.2 Å². The maximum Gasteiger partial charge on any atom is 0.226 e. The van der Waals surface area contributed by atoms with E-state index in [1.54, 1.807) is 0 Å². The molecule has 0 aliphatic carbocycles. The van der Waals surface area contributed by atoms with Crippen molar-refractivity contribution in [2.24, 2.45) is 4.99 Å². The Morgan fingerprint density at radius 1 is 1.22 bits per heavy atom. The van der Waals surface area contributed by atoms with Crippen LogP contribution in [0.2, 0.25) is 0 Å². The maximum atomic E-state index is 5.72. The van der Waals surface area contributed by atoms with Crippen LogP contribution in [0.5, 0.6) is 5.75 Å². The predicted octanol–water partition coefficient (Wildman–Crippen LogP) is 3.07. The van der Waals surface area contributed by atoms with Gasteiger partial charge < -0.3 is 19.9 Å². The quantitative estimate of drug-likeness (QED) is 0.378. The molecule has 0 spiro atoms. The largest absolute Gasteiger partial charge is 0.492 e. The van der Waals surface area contributed by atoms with Crippen molar-refractivity contribution in [2.75, 3.05) is 26.2 Å². The second-order valence-corrected chi connectivity index (χ2v) is 6.65. The smallest absolute Gasteiger partial charge is 0.226 e. The van der Waals surface area contributed by atoms with Gasteiger partial charge >= 0.3 is 0 Å². The summed E-state index contributed by atoms with van der Waals surface area (Å²) >= 11 is 0. The Hall–Kier alpha value is -2.57. The molecule has 2 aromatic rings. The van der Waals surface area contributed by atoms with E-state index in [-0.39, 0.29) is 5.92 Å². The van der Waals surface area contributed by atoms with Gasteiger partial charge in [-0.05, 0) is 32.4 Å². The van der Waals surface area contributed by atoms with Gasteiger partial charge in [0.1, 0.15) is 12.4 Å². The lowest BCUT2D eigenvalue weighted by molar-refractivity contribution is 0.322. The number of hydrogen-bond donors (Lipinski definition) is 2. The highest BCUT2D eigenvalue weighted by Crippen LogP contribution is 2.11. The average Bonchev–Trinajstić information content (AvgIpc) is 3.13. The van der Waals surface area contributed by atoms with Crippen LogP contribution in [0, 0.1) is 6.92 Å². The molecule has 27 heavy (non-hydrogen) atoms. The van der Waals surface area contributed by atoms with Crippen LogP contribution >= 0.6 is 0 Å². The summed E-state index contributed by atoms with van der Waals surface area (Å²) in [6.07, 6.45) is 1.59. The number of benzene rings is 1. The predicted molar refractivity (Wildman–Crippen MR) is 107 cm³/mol. The van der Waals surface area contributed by atoms with E-state index >= 15 is 0 Å². The first-order chi connectivity index (χ1) is 13.1. The van der Waals surface area contributed by atoms with Gasteiger partial charge in [-0.15, -0.1) is 0 Å². The highest BCUT2D eigenvalue weighted by atomic mass is 16.5. The molecule has 0 atom stereocenters. The Balaban J connectivity index is 1.68. The van der Waals surface area contributed by atoms with Crippen molar-refractivity contribution in [1.29, 1.82) is 0 Å². The van der Waals surface area contributed by atoms with Gasteiger partial charge in [-0.2, -0.15) is 4.98 Å². The Morgan fingerprint density at radius 3 is 2.67 bits per heavy atom. The van der Waals surface area contributed by atoms with E-state index < -0.39 is 0 Å². The minimum Gasteiger partial charge on any atom is -0.492 e. The van der Waals surface area contributed by atoms with Crippen molar-refractivity contribution < 1.29 is 9.26 Å². The van der Waals surface area contributed by atoms with Crippen LogP contribution in [0.25, 0.3) is 0 Å². The summed E-state index contributed by atoms with van der Waals surface area (Å²) in [6.45, 7) is 11.0. The molecule has 0 saturated carbocycles. The van der Waals surface area contributed by atoms with Crippen LogP contribution in [0.4, 0.5) is 0 Å². The molecule has 2 N–H and O–H groups in total. The monoisotopic (exact) mass is 373 g/mol. The molecule has 0 unspecified atom stereocenters. The Morgan fingerprint density at radius 2 is 2.00 bits per heavy atom. The Labute approximate surface area is 161 Å². The number of rotatable bonds is 10. The molecule has 1 aromatic carbocycles. The molecule has 0 saturated heterocycles. The summed E-state index contributed by atoms with van der Waals surface area (Å²) in [4.78, 5) is 8.96. The highest BCUT2D eigenvalue weighted by molar-refractivity contribution is 5.79. The van der Waals surface area contributed by atoms with Crippen LogP contribution in [-0.2, 0) is 6.42 Å². The zero-order valence-corrected chi connectivity index (χ0v) is 16.8.